The minimum atomic E-state index is -4.50. The molecule has 0 radical (unpaired) electrons. The summed E-state index contributed by atoms with van der Waals surface area (Å²) in [7, 11) is 0. The van der Waals surface area contributed by atoms with Gasteiger partial charge in [0.15, 0.2) is 0 Å². The summed E-state index contributed by atoms with van der Waals surface area (Å²) in [5, 5.41) is 3.65. The van der Waals surface area contributed by atoms with Crippen molar-refractivity contribution in [2.75, 3.05) is 6.61 Å². The number of benzene rings is 1. The maximum atomic E-state index is 13.1. The third-order valence-electron chi connectivity index (χ3n) is 2.49. The fourth-order valence-corrected chi connectivity index (χ4v) is 1.68. The average molecular weight is 319 g/mol. The van der Waals surface area contributed by atoms with E-state index in [0.29, 0.717) is 18.1 Å². The molecular formula is C15H20F3NO3. The Balaban J connectivity index is 2.88. The first-order chi connectivity index (χ1) is 10.2. The molecule has 0 atom stereocenters. The summed E-state index contributed by atoms with van der Waals surface area (Å²) in [5.41, 5.74) is -0.482. The van der Waals surface area contributed by atoms with Crippen LogP contribution in [0.2, 0.25) is 0 Å². The Morgan fingerprint density at radius 2 is 1.95 bits per heavy atom. The summed E-state index contributed by atoms with van der Waals surface area (Å²) in [6.07, 6.45) is -4.84. The summed E-state index contributed by atoms with van der Waals surface area (Å²) in [4.78, 5) is 4.98. The van der Waals surface area contributed by atoms with Crippen LogP contribution in [0.25, 0.3) is 0 Å². The highest BCUT2D eigenvalue weighted by Crippen LogP contribution is 2.37. The Hall–Kier alpha value is -1.92. The average Bonchev–Trinajstić information content (AvgIpc) is 2.38. The van der Waals surface area contributed by atoms with Gasteiger partial charge in [-0.25, -0.2) is 0 Å². The number of hydrogen-bond acceptors (Lipinski definition) is 4. The van der Waals surface area contributed by atoms with Crippen molar-refractivity contribution < 1.29 is 27.5 Å². The Bertz CT molecular complexity index is 513. The topological polar surface area (TPSA) is 40.0 Å². The molecule has 0 amide bonds. The van der Waals surface area contributed by atoms with Crippen LogP contribution in [0.15, 0.2) is 23.4 Å². The summed E-state index contributed by atoms with van der Waals surface area (Å²) in [6, 6.07) is 3.81. The Kier molecular flexibility index (Phi) is 6.52. The maximum absolute atomic E-state index is 13.1. The fourth-order valence-electron chi connectivity index (χ4n) is 1.68. The number of ether oxygens (including phenoxy) is 2. The van der Waals surface area contributed by atoms with E-state index in [0.717, 1.165) is 6.07 Å². The van der Waals surface area contributed by atoms with Crippen molar-refractivity contribution in [1.29, 1.82) is 0 Å². The quantitative estimate of drug-likeness (QED) is 0.444. The zero-order chi connectivity index (χ0) is 16.8. The molecule has 1 aromatic rings. The van der Waals surface area contributed by atoms with Gasteiger partial charge in [-0.1, -0.05) is 11.2 Å². The molecule has 1 aromatic carbocycles. The molecule has 0 N–H and O–H groups in total. The van der Waals surface area contributed by atoms with E-state index in [9.17, 15) is 13.2 Å². The molecular weight excluding hydrogens is 299 g/mol. The number of rotatable bonds is 6. The first kappa shape index (κ1) is 18.1. The monoisotopic (exact) mass is 319 g/mol. The van der Waals surface area contributed by atoms with Gasteiger partial charge in [-0.05, 0) is 38.5 Å². The second-order valence-corrected chi connectivity index (χ2v) is 4.81. The lowest BCUT2D eigenvalue weighted by Gasteiger charge is -2.17. The molecule has 0 aliphatic heterocycles. The van der Waals surface area contributed by atoms with Crippen molar-refractivity contribution in [3.8, 4) is 5.75 Å². The van der Waals surface area contributed by atoms with Crippen LogP contribution < -0.4 is 4.74 Å². The standard InChI is InChI=1S/C15H20F3NO3/c1-5-20-11(4)19-21-9-12-6-7-14(22-10(2)3)13(8-12)15(16,17)18/h6-8,10H,5,9H2,1-4H3/b19-11+. The second kappa shape index (κ2) is 7.91. The van der Waals surface area contributed by atoms with Crippen molar-refractivity contribution in [2.45, 2.75) is 46.6 Å². The molecule has 0 spiro atoms. The van der Waals surface area contributed by atoms with Crippen molar-refractivity contribution in [1.82, 2.24) is 0 Å². The summed E-state index contributed by atoms with van der Waals surface area (Å²) in [5.74, 6) is 0.124. The molecule has 0 aliphatic rings. The highest BCUT2D eigenvalue weighted by Gasteiger charge is 2.35. The number of halogens is 3. The first-order valence-electron chi connectivity index (χ1n) is 6.90. The molecule has 7 heteroatoms. The van der Waals surface area contributed by atoms with Crippen molar-refractivity contribution in [3.63, 3.8) is 0 Å². The zero-order valence-electron chi connectivity index (χ0n) is 13.0. The number of hydrogen-bond donors (Lipinski definition) is 0. The van der Waals surface area contributed by atoms with E-state index >= 15 is 0 Å². The van der Waals surface area contributed by atoms with Gasteiger partial charge in [-0.2, -0.15) is 13.2 Å². The van der Waals surface area contributed by atoms with Gasteiger partial charge < -0.3 is 14.3 Å². The van der Waals surface area contributed by atoms with Gasteiger partial charge in [0.05, 0.1) is 18.3 Å². The van der Waals surface area contributed by atoms with Crippen molar-refractivity contribution >= 4 is 5.90 Å². The molecule has 0 heterocycles. The fraction of sp³-hybridized carbons (Fsp3) is 0.533. The molecule has 4 nitrogen and oxygen atoms in total. The van der Waals surface area contributed by atoms with Crippen LogP contribution in [-0.4, -0.2) is 18.6 Å². The summed E-state index contributed by atoms with van der Waals surface area (Å²) >= 11 is 0. The molecule has 1 rings (SSSR count). The predicted molar refractivity (Wildman–Crippen MR) is 76.7 cm³/mol. The van der Waals surface area contributed by atoms with Crippen molar-refractivity contribution in [2.24, 2.45) is 5.16 Å². The largest absolute Gasteiger partial charge is 0.490 e. The van der Waals surface area contributed by atoms with Gasteiger partial charge in [0.1, 0.15) is 12.4 Å². The molecule has 0 unspecified atom stereocenters. The molecule has 0 fully saturated rings. The molecule has 0 aromatic heterocycles. The van der Waals surface area contributed by atoms with E-state index in [1.165, 1.54) is 12.1 Å². The Morgan fingerprint density at radius 1 is 1.27 bits per heavy atom. The van der Waals surface area contributed by atoms with Gasteiger partial charge in [-0.15, -0.1) is 0 Å². The minimum absolute atomic E-state index is 0.0878. The van der Waals surface area contributed by atoms with E-state index in [1.807, 2.05) is 0 Å². The third-order valence-corrected chi connectivity index (χ3v) is 2.49. The van der Waals surface area contributed by atoms with Crippen LogP contribution in [0.5, 0.6) is 5.75 Å². The van der Waals surface area contributed by atoms with Gasteiger partial charge >= 0.3 is 6.18 Å². The smallest absolute Gasteiger partial charge is 0.419 e. The highest BCUT2D eigenvalue weighted by atomic mass is 19.4. The Morgan fingerprint density at radius 3 is 2.50 bits per heavy atom. The van der Waals surface area contributed by atoms with Gasteiger partial charge in [0, 0.05) is 6.92 Å². The highest BCUT2D eigenvalue weighted by molar-refractivity contribution is 5.72. The van der Waals surface area contributed by atoms with Gasteiger partial charge in [0.2, 0.25) is 5.90 Å². The number of alkyl halides is 3. The third kappa shape index (κ3) is 5.83. The van der Waals surface area contributed by atoms with E-state index in [2.05, 4.69) is 5.16 Å². The van der Waals surface area contributed by atoms with E-state index in [-0.39, 0.29) is 18.5 Å². The van der Waals surface area contributed by atoms with E-state index in [4.69, 9.17) is 14.3 Å². The Labute approximate surface area is 127 Å². The van der Waals surface area contributed by atoms with Gasteiger partial charge in [0.25, 0.3) is 0 Å². The molecule has 0 aliphatic carbocycles. The van der Waals surface area contributed by atoms with Gasteiger partial charge in [-0.3, -0.25) is 0 Å². The summed E-state index contributed by atoms with van der Waals surface area (Å²) < 4.78 is 49.4. The molecule has 0 bridgehead atoms. The SMILES string of the molecule is CCO/C(C)=N/OCc1ccc(OC(C)C)c(C(F)(F)F)c1. The zero-order valence-corrected chi connectivity index (χ0v) is 13.0. The normalized spacial score (nSPS) is 12.5. The minimum Gasteiger partial charge on any atom is -0.490 e. The lowest BCUT2D eigenvalue weighted by molar-refractivity contribution is -0.139. The lowest BCUT2D eigenvalue weighted by atomic mass is 10.1. The van der Waals surface area contributed by atoms with Crippen LogP contribution in [0, 0.1) is 0 Å². The second-order valence-electron chi connectivity index (χ2n) is 4.81. The van der Waals surface area contributed by atoms with E-state index < -0.39 is 11.7 Å². The van der Waals surface area contributed by atoms with Crippen LogP contribution in [0.3, 0.4) is 0 Å². The lowest BCUT2D eigenvalue weighted by Crippen LogP contribution is -2.13. The molecule has 22 heavy (non-hydrogen) atoms. The van der Waals surface area contributed by atoms with Crippen LogP contribution in [0.1, 0.15) is 38.8 Å². The van der Waals surface area contributed by atoms with Crippen LogP contribution >= 0.6 is 0 Å². The first-order valence-corrected chi connectivity index (χ1v) is 6.90. The van der Waals surface area contributed by atoms with Crippen LogP contribution in [0.4, 0.5) is 13.2 Å². The van der Waals surface area contributed by atoms with Crippen LogP contribution in [-0.2, 0) is 22.4 Å². The number of oxime groups is 1. The molecule has 0 saturated carbocycles. The predicted octanol–water partition coefficient (Wildman–Crippen LogP) is 4.38. The summed E-state index contributed by atoms with van der Waals surface area (Å²) in [6.45, 7) is 7.09. The molecule has 124 valence electrons. The van der Waals surface area contributed by atoms with Crippen molar-refractivity contribution in [3.05, 3.63) is 29.3 Å². The maximum Gasteiger partial charge on any atom is 0.419 e. The number of nitrogens with zero attached hydrogens (tertiary/aromatic N) is 1. The van der Waals surface area contributed by atoms with E-state index in [1.54, 1.807) is 27.7 Å². The molecule has 0 saturated heterocycles.